The minimum absolute atomic E-state index is 0.124. The summed E-state index contributed by atoms with van der Waals surface area (Å²) in [6.45, 7) is 3.24. The van der Waals surface area contributed by atoms with Crippen molar-refractivity contribution in [1.82, 2.24) is 4.90 Å². The fourth-order valence-electron chi connectivity index (χ4n) is 4.06. The van der Waals surface area contributed by atoms with Crippen molar-refractivity contribution in [2.45, 2.75) is 81.7 Å². The zero-order valence-electron chi connectivity index (χ0n) is 12.9. The fourth-order valence-corrected chi connectivity index (χ4v) is 5.22. The van der Waals surface area contributed by atoms with E-state index in [4.69, 9.17) is 5.73 Å². The maximum atomic E-state index is 11.8. The first-order chi connectivity index (χ1) is 9.41. The quantitative estimate of drug-likeness (QED) is 0.862. The van der Waals surface area contributed by atoms with Gasteiger partial charge >= 0.3 is 0 Å². The molecule has 0 bridgehead atoms. The lowest BCUT2D eigenvalue weighted by atomic mass is 9.87. The van der Waals surface area contributed by atoms with Crippen molar-refractivity contribution in [3.05, 3.63) is 0 Å². The van der Waals surface area contributed by atoms with E-state index < -0.39 is 9.84 Å². The molecule has 2 aliphatic rings. The summed E-state index contributed by atoms with van der Waals surface area (Å²) in [5.41, 5.74) is 6.00. The standard InChI is InChI=1S/C15H30N2O2S/c1-3-17(13-9-7-12(16)8-10-13)14-5-4-6-15(11-14)20(2,18)19/h12-15H,3-11,16H2,1-2H3. The first-order valence-corrected chi connectivity index (χ1v) is 10.1. The lowest BCUT2D eigenvalue weighted by molar-refractivity contribution is 0.0843. The Morgan fingerprint density at radius 2 is 1.70 bits per heavy atom. The first kappa shape index (κ1) is 16.2. The zero-order chi connectivity index (χ0) is 14.8. The summed E-state index contributed by atoms with van der Waals surface area (Å²) >= 11 is 0. The Morgan fingerprint density at radius 3 is 2.25 bits per heavy atom. The molecular weight excluding hydrogens is 272 g/mol. The third-order valence-corrected chi connectivity index (χ3v) is 6.89. The lowest BCUT2D eigenvalue weighted by Crippen LogP contribution is -2.49. The SMILES string of the molecule is CCN(C1CCC(N)CC1)C1CCCC(S(C)(=O)=O)C1. The Balaban J connectivity index is 2.00. The normalized spacial score (nSPS) is 36.2. The molecule has 5 heteroatoms. The molecule has 4 nitrogen and oxygen atoms in total. The van der Waals surface area contributed by atoms with Crippen molar-refractivity contribution in [2.75, 3.05) is 12.8 Å². The molecule has 118 valence electrons. The van der Waals surface area contributed by atoms with E-state index in [0.29, 0.717) is 18.1 Å². The first-order valence-electron chi connectivity index (χ1n) is 8.12. The van der Waals surface area contributed by atoms with Crippen LogP contribution in [-0.2, 0) is 9.84 Å². The highest BCUT2D eigenvalue weighted by Gasteiger charge is 2.34. The number of hydrogen-bond acceptors (Lipinski definition) is 4. The molecule has 20 heavy (non-hydrogen) atoms. The van der Waals surface area contributed by atoms with Crippen LogP contribution < -0.4 is 5.73 Å². The highest BCUT2D eigenvalue weighted by molar-refractivity contribution is 7.91. The van der Waals surface area contributed by atoms with Crippen LogP contribution in [0.1, 0.15) is 58.3 Å². The van der Waals surface area contributed by atoms with Crippen LogP contribution in [0.25, 0.3) is 0 Å². The van der Waals surface area contributed by atoms with Crippen molar-refractivity contribution < 1.29 is 8.42 Å². The van der Waals surface area contributed by atoms with Crippen LogP contribution in [0.5, 0.6) is 0 Å². The number of sulfone groups is 1. The van der Waals surface area contributed by atoms with Crippen molar-refractivity contribution >= 4 is 9.84 Å². The number of nitrogens with two attached hydrogens (primary N) is 1. The second-order valence-electron chi connectivity index (χ2n) is 6.67. The van der Waals surface area contributed by atoms with Gasteiger partial charge in [-0.15, -0.1) is 0 Å². The monoisotopic (exact) mass is 302 g/mol. The molecule has 2 atom stereocenters. The highest BCUT2D eigenvalue weighted by Crippen LogP contribution is 2.31. The summed E-state index contributed by atoms with van der Waals surface area (Å²) in [6.07, 6.45) is 9.86. The van der Waals surface area contributed by atoms with Gasteiger partial charge in [0.2, 0.25) is 0 Å². The number of nitrogens with zero attached hydrogens (tertiary/aromatic N) is 1. The van der Waals surface area contributed by atoms with Gasteiger partial charge < -0.3 is 5.73 Å². The maximum absolute atomic E-state index is 11.8. The van der Waals surface area contributed by atoms with Gasteiger partial charge in [-0.05, 0) is 51.5 Å². The molecule has 0 spiro atoms. The van der Waals surface area contributed by atoms with Crippen LogP contribution in [0.15, 0.2) is 0 Å². The van der Waals surface area contributed by atoms with Crippen LogP contribution >= 0.6 is 0 Å². The Hall–Kier alpha value is -0.130. The Labute approximate surface area is 124 Å². The maximum Gasteiger partial charge on any atom is 0.150 e. The summed E-state index contributed by atoms with van der Waals surface area (Å²) in [5.74, 6) is 0. The minimum atomic E-state index is -2.89. The second-order valence-corrected chi connectivity index (χ2v) is 9.00. The smallest absolute Gasteiger partial charge is 0.150 e. The summed E-state index contributed by atoms with van der Waals surface area (Å²) in [6, 6.07) is 1.44. The van der Waals surface area contributed by atoms with Crippen LogP contribution in [0.2, 0.25) is 0 Å². The van der Waals surface area contributed by atoms with Crippen molar-refractivity contribution in [1.29, 1.82) is 0 Å². The van der Waals surface area contributed by atoms with Crippen LogP contribution in [-0.4, -0.2) is 49.5 Å². The Bertz CT molecular complexity index is 402. The van der Waals surface area contributed by atoms with Crippen LogP contribution in [0.4, 0.5) is 0 Å². The van der Waals surface area contributed by atoms with E-state index in [9.17, 15) is 8.42 Å². The molecule has 0 aromatic heterocycles. The molecule has 0 radical (unpaired) electrons. The van der Waals surface area contributed by atoms with E-state index in [-0.39, 0.29) is 5.25 Å². The summed E-state index contributed by atoms with van der Waals surface area (Å²) in [4.78, 5) is 2.57. The molecule has 2 saturated carbocycles. The van der Waals surface area contributed by atoms with Crippen molar-refractivity contribution in [3.63, 3.8) is 0 Å². The van der Waals surface area contributed by atoms with Crippen LogP contribution in [0, 0.1) is 0 Å². The van der Waals surface area contributed by atoms with Gasteiger partial charge in [0.1, 0.15) is 9.84 Å². The highest BCUT2D eigenvalue weighted by atomic mass is 32.2. The molecule has 0 heterocycles. The molecule has 2 N–H and O–H groups in total. The van der Waals surface area contributed by atoms with Crippen molar-refractivity contribution in [2.24, 2.45) is 5.73 Å². The molecule has 0 aliphatic heterocycles. The van der Waals surface area contributed by atoms with Gasteiger partial charge in [-0.3, -0.25) is 4.90 Å². The predicted octanol–water partition coefficient (Wildman–Crippen LogP) is 1.93. The second kappa shape index (κ2) is 6.75. The largest absolute Gasteiger partial charge is 0.328 e. The fraction of sp³-hybridized carbons (Fsp3) is 1.00. The number of hydrogen-bond donors (Lipinski definition) is 1. The topological polar surface area (TPSA) is 63.4 Å². The summed E-state index contributed by atoms with van der Waals surface area (Å²) < 4.78 is 23.7. The van der Waals surface area contributed by atoms with E-state index in [1.165, 1.54) is 19.1 Å². The van der Waals surface area contributed by atoms with E-state index >= 15 is 0 Å². The van der Waals surface area contributed by atoms with Gasteiger partial charge in [0, 0.05) is 24.4 Å². The molecule has 0 aromatic rings. The molecule has 2 fully saturated rings. The lowest BCUT2D eigenvalue weighted by Gasteiger charge is -2.43. The van der Waals surface area contributed by atoms with E-state index in [1.54, 1.807) is 0 Å². The van der Waals surface area contributed by atoms with Crippen LogP contribution in [0.3, 0.4) is 0 Å². The predicted molar refractivity (Wildman–Crippen MR) is 83.5 cm³/mol. The average molecular weight is 302 g/mol. The van der Waals surface area contributed by atoms with Gasteiger partial charge in [0.05, 0.1) is 5.25 Å². The summed E-state index contributed by atoms with van der Waals surface area (Å²) in [7, 11) is -2.89. The van der Waals surface area contributed by atoms with Gasteiger partial charge in [0.25, 0.3) is 0 Å². The molecule has 2 unspecified atom stereocenters. The molecule has 0 amide bonds. The van der Waals surface area contributed by atoms with Gasteiger partial charge in [-0.2, -0.15) is 0 Å². The van der Waals surface area contributed by atoms with Gasteiger partial charge in [-0.25, -0.2) is 8.42 Å². The van der Waals surface area contributed by atoms with Gasteiger partial charge in [0.15, 0.2) is 0 Å². The molecule has 2 aliphatic carbocycles. The molecule has 2 rings (SSSR count). The minimum Gasteiger partial charge on any atom is -0.328 e. The molecular formula is C15H30N2O2S. The molecule has 0 aromatic carbocycles. The Morgan fingerprint density at radius 1 is 1.05 bits per heavy atom. The Kier molecular flexibility index (Phi) is 5.49. The average Bonchev–Trinajstić information content (AvgIpc) is 2.41. The third-order valence-electron chi connectivity index (χ3n) is 5.25. The molecule has 0 saturated heterocycles. The van der Waals surface area contributed by atoms with E-state index in [1.807, 2.05) is 0 Å². The zero-order valence-corrected chi connectivity index (χ0v) is 13.7. The van der Waals surface area contributed by atoms with Gasteiger partial charge in [-0.1, -0.05) is 13.3 Å². The third kappa shape index (κ3) is 3.95. The number of rotatable bonds is 4. The summed E-state index contributed by atoms with van der Waals surface area (Å²) in [5, 5.41) is -0.124. The van der Waals surface area contributed by atoms with E-state index in [0.717, 1.165) is 45.1 Å². The van der Waals surface area contributed by atoms with Crippen molar-refractivity contribution in [3.8, 4) is 0 Å². The van der Waals surface area contributed by atoms with E-state index in [2.05, 4.69) is 11.8 Å².